The van der Waals surface area contributed by atoms with E-state index in [1.54, 1.807) is 12.1 Å². The molecule has 22 heavy (non-hydrogen) atoms. The number of carbonyl (C=O) groups is 1. The van der Waals surface area contributed by atoms with Crippen LogP contribution in [0.3, 0.4) is 0 Å². The van der Waals surface area contributed by atoms with E-state index in [2.05, 4.69) is 35.8 Å². The number of hydrogen-bond donors (Lipinski definition) is 2. The van der Waals surface area contributed by atoms with Gasteiger partial charge in [-0.05, 0) is 54.9 Å². The second kappa shape index (κ2) is 6.69. The summed E-state index contributed by atoms with van der Waals surface area (Å²) in [5, 5.41) is 5.72. The monoisotopic (exact) mass is 298 g/mol. The quantitative estimate of drug-likeness (QED) is 0.877. The lowest BCUT2D eigenvalue weighted by atomic mass is 9.89. The van der Waals surface area contributed by atoms with Gasteiger partial charge in [0.05, 0.1) is 12.3 Å². The Kier molecular flexibility index (Phi) is 4.47. The predicted molar refractivity (Wildman–Crippen MR) is 87.0 cm³/mol. The molecule has 2 N–H and O–H groups in total. The molecule has 0 aliphatic heterocycles. The summed E-state index contributed by atoms with van der Waals surface area (Å²) in [5.41, 5.74) is 4.08. The molecule has 0 radical (unpaired) electrons. The number of furan rings is 1. The lowest BCUT2D eigenvalue weighted by molar-refractivity contribution is 0.247. The fourth-order valence-electron chi connectivity index (χ4n) is 3.05. The normalized spacial score (nSPS) is 15.0. The molecule has 0 fully saturated rings. The second-order valence-electron chi connectivity index (χ2n) is 5.77. The highest BCUT2D eigenvalue weighted by Crippen LogP contribution is 2.26. The van der Waals surface area contributed by atoms with Crippen molar-refractivity contribution in [2.45, 2.75) is 45.1 Å². The highest BCUT2D eigenvalue weighted by Gasteiger charge is 2.16. The molecule has 0 saturated heterocycles. The van der Waals surface area contributed by atoms with Gasteiger partial charge in [-0.3, -0.25) is 5.32 Å². The number of benzene rings is 1. The Bertz CT molecular complexity index is 635. The zero-order valence-corrected chi connectivity index (χ0v) is 12.9. The van der Waals surface area contributed by atoms with Crippen molar-refractivity contribution >= 4 is 11.9 Å². The Morgan fingerprint density at radius 3 is 2.77 bits per heavy atom. The number of hydrogen-bond acceptors (Lipinski definition) is 2. The summed E-state index contributed by atoms with van der Waals surface area (Å²) in [6.07, 6.45) is 7.27. The van der Waals surface area contributed by atoms with E-state index in [-0.39, 0.29) is 12.1 Å². The molecule has 1 atom stereocenters. The van der Waals surface area contributed by atoms with Crippen LogP contribution < -0.4 is 10.6 Å². The third-order valence-corrected chi connectivity index (χ3v) is 4.25. The molecule has 4 heteroatoms. The molecule has 116 valence electrons. The van der Waals surface area contributed by atoms with Crippen molar-refractivity contribution in [3.63, 3.8) is 0 Å². The SMILES string of the molecule is CCC(NC(=O)Nc1ccco1)c1ccc2c(c1)CCCC2. The van der Waals surface area contributed by atoms with E-state index in [9.17, 15) is 4.79 Å². The number of nitrogens with one attached hydrogen (secondary N) is 2. The van der Waals surface area contributed by atoms with E-state index in [0.717, 1.165) is 12.8 Å². The minimum Gasteiger partial charge on any atom is -0.449 e. The van der Waals surface area contributed by atoms with Gasteiger partial charge in [-0.15, -0.1) is 0 Å². The van der Waals surface area contributed by atoms with Gasteiger partial charge in [-0.2, -0.15) is 0 Å². The number of amides is 2. The van der Waals surface area contributed by atoms with Gasteiger partial charge in [0.2, 0.25) is 5.88 Å². The summed E-state index contributed by atoms with van der Waals surface area (Å²) in [4.78, 5) is 12.1. The minimum atomic E-state index is -0.237. The van der Waals surface area contributed by atoms with Crippen molar-refractivity contribution < 1.29 is 9.21 Å². The average Bonchev–Trinajstić information content (AvgIpc) is 3.05. The summed E-state index contributed by atoms with van der Waals surface area (Å²) >= 11 is 0. The first-order valence-corrected chi connectivity index (χ1v) is 7.99. The Morgan fingerprint density at radius 1 is 1.23 bits per heavy atom. The molecule has 1 aliphatic carbocycles. The molecular formula is C18H22N2O2. The van der Waals surface area contributed by atoms with Gasteiger partial charge in [0.1, 0.15) is 0 Å². The molecule has 0 spiro atoms. The number of urea groups is 1. The van der Waals surface area contributed by atoms with Crippen molar-refractivity contribution in [2.24, 2.45) is 0 Å². The van der Waals surface area contributed by atoms with E-state index in [4.69, 9.17) is 4.42 Å². The van der Waals surface area contributed by atoms with Crippen molar-refractivity contribution in [3.8, 4) is 0 Å². The maximum atomic E-state index is 12.1. The van der Waals surface area contributed by atoms with Crippen LogP contribution >= 0.6 is 0 Å². The third-order valence-electron chi connectivity index (χ3n) is 4.25. The largest absolute Gasteiger partial charge is 0.449 e. The summed E-state index contributed by atoms with van der Waals surface area (Å²) in [5.74, 6) is 0.456. The van der Waals surface area contributed by atoms with Crippen LogP contribution in [0.1, 0.15) is 48.9 Å². The van der Waals surface area contributed by atoms with E-state index in [0.29, 0.717) is 5.88 Å². The van der Waals surface area contributed by atoms with Crippen LogP contribution in [0.5, 0.6) is 0 Å². The van der Waals surface area contributed by atoms with Gasteiger partial charge >= 0.3 is 6.03 Å². The van der Waals surface area contributed by atoms with Crippen molar-refractivity contribution in [3.05, 3.63) is 53.3 Å². The molecule has 1 aliphatic rings. The topological polar surface area (TPSA) is 54.3 Å². The summed E-state index contributed by atoms with van der Waals surface area (Å²) < 4.78 is 5.13. The molecule has 1 unspecified atom stereocenters. The van der Waals surface area contributed by atoms with Gasteiger partial charge in [0.15, 0.2) is 0 Å². The first-order valence-electron chi connectivity index (χ1n) is 7.99. The Balaban J connectivity index is 1.69. The van der Waals surface area contributed by atoms with Crippen molar-refractivity contribution in [1.29, 1.82) is 0 Å². The van der Waals surface area contributed by atoms with E-state index in [1.165, 1.54) is 42.2 Å². The number of rotatable bonds is 4. The smallest absolute Gasteiger partial charge is 0.322 e. The van der Waals surface area contributed by atoms with Crippen molar-refractivity contribution in [2.75, 3.05) is 5.32 Å². The number of fused-ring (bicyclic) bond motifs is 1. The fraction of sp³-hybridized carbons (Fsp3) is 0.389. The van der Waals surface area contributed by atoms with Crippen LogP contribution in [0.25, 0.3) is 0 Å². The standard InChI is InChI=1S/C18H22N2O2/c1-2-16(19-18(21)20-17-8-5-11-22-17)15-10-9-13-6-3-4-7-14(13)12-15/h5,8-12,16H,2-4,6-7H2,1H3,(H2,19,20,21). The molecule has 2 aromatic rings. The summed E-state index contributed by atoms with van der Waals surface area (Å²) in [6, 6.07) is 9.87. The molecular weight excluding hydrogens is 276 g/mol. The van der Waals surface area contributed by atoms with E-state index < -0.39 is 0 Å². The van der Waals surface area contributed by atoms with Crippen LogP contribution in [-0.4, -0.2) is 6.03 Å². The van der Waals surface area contributed by atoms with Crippen LogP contribution in [0.15, 0.2) is 41.0 Å². The highest BCUT2D eigenvalue weighted by molar-refractivity contribution is 5.88. The third kappa shape index (κ3) is 3.32. The lowest BCUT2D eigenvalue weighted by Crippen LogP contribution is -2.32. The first-order chi connectivity index (χ1) is 10.8. The molecule has 1 heterocycles. The molecule has 0 bridgehead atoms. The van der Waals surface area contributed by atoms with Gasteiger partial charge in [0, 0.05) is 6.07 Å². The zero-order valence-electron chi connectivity index (χ0n) is 12.9. The zero-order chi connectivity index (χ0) is 15.4. The Hall–Kier alpha value is -2.23. The number of aryl methyl sites for hydroxylation is 2. The highest BCUT2D eigenvalue weighted by atomic mass is 16.3. The Morgan fingerprint density at radius 2 is 2.05 bits per heavy atom. The second-order valence-corrected chi connectivity index (χ2v) is 5.77. The molecule has 4 nitrogen and oxygen atoms in total. The first kappa shape index (κ1) is 14.7. The maximum Gasteiger partial charge on any atom is 0.322 e. The molecule has 0 saturated carbocycles. The summed E-state index contributed by atoms with van der Waals surface area (Å²) in [6.45, 7) is 2.08. The summed E-state index contributed by atoms with van der Waals surface area (Å²) in [7, 11) is 0. The minimum absolute atomic E-state index is 0.0159. The molecule has 3 rings (SSSR count). The van der Waals surface area contributed by atoms with Crippen molar-refractivity contribution in [1.82, 2.24) is 5.32 Å². The van der Waals surface area contributed by atoms with Gasteiger partial charge in [0.25, 0.3) is 0 Å². The van der Waals surface area contributed by atoms with E-state index in [1.807, 2.05) is 0 Å². The van der Waals surface area contributed by atoms with Gasteiger partial charge < -0.3 is 9.73 Å². The van der Waals surface area contributed by atoms with Crippen LogP contribution in [-0.2, 0) is 12.8 Å². The fourth-order valence-corrected chi connectivity index (χ4v) is 3.05. The predicted octanol–water partition coefficient (Wildman–Crippen LogP) is 4.43. The number of carbonyl (C=O) groups excluding carboxylic acids is 1. The molecule has 2 amide bonds. The number of anilines is 1. The van der Waals surface area contributed by atoms with Gasteiger partial charge in [-0.1, -0.05) is 25.1 Å². The molecule has 1 aromatic carbocycles. The maximum absolute atomic E-state index is 12.1. The Labute approximate surface area is 130 Å². The van der Waals surface area contributed by atoms with Crippen LogP contribution in [0, 0.1) is 0 Å². The lowest BCUT2D eigenvalue weighted by Gasteiger charge is -2.21. The van der Waals surface area contributed by atoms with Crippen LogP contribution in [0.4, 0.5) is 10.7 Å². The van der Waals surface area contributed by atoms with Gasteiger partial charge in [-0.25, -0.2) is 4.79 Å². The average molecular weight is 298 g/mol. The van der Waals surface area contributed by atoms with Crippen LogP contribution in [0.2, 0.25) is 0 Å². The molecule has 1 aromatic heterocycles. The van der Waals surface area contributed by atoms with E-state index >= 15 is 0 Å².